The summed E-state index contributed by atoms with van der Waals surface area (Å²) < 4.78 is 0. The summed E-state index contributed by atoms with van der Waals surface area (Å²) >= 11 is 0. The van der Waals surface area contributed by atoms with Gasteiger partial charge in [-0.25, -0.2) is 0 Å². The van der Waals surface area contributed by atoms with Crippen LogP contribution in [0.1, 0.15) is 340 Å². The van der Waals surface area contributed by atoms with Crippen LogP contribution in [0.5, 0.6) is 0 Å². The van der Waals surface area contributed by atoms with Gasteiger partial charge in [0.2, 0.25) is 0 Å². The zero-order valence-corrected chi connectivity index (χ0v) is 61.3. The molecule has 4 heteroatoms. The van der Waals surface area contributed by atoms with Gasteiger partial charge < -0.3 is 0 Å². The van der Waals surface area contributed by atoms with E-state index in [1.807, 2.05) is 0 Å². The van der Waals surface area contributed by atoms with E-state index in [0.29, 0.717) is 0 Å². The molecule has 3 nitrogen and oxygen atoms in total. The minimum atomic E-state index is 0.862. The largest absolute Gasteiger partial charge is 0.295 e. The lowest BCUT2D eigenvalue weighted by Crippen LogP contribution is -2.76. The van der Waals surface area contributed by atoms with Crippen LogP contribution in [0.4, 0.5) is 0 Å². The lowest BCUT2D eigenvalue weighted by atomic mass is 9.18. The summed E-state index contributed by atoms with van der Waals surface area (Å²) in [6, 6.07) is 8.08. The summed E-state index contributed by atoms with van der Waals surface area (Å²) in [7, 11) is 0. The molecular formula is C91H144BN3. The van der Waals surface area contributed by atoms with Crippen LogP contribution in [-0.2, 0) is 0 Å². The van der Waals surface area contributed by atoms with E-state index < -0.39 is 0 Å². The molecule has 4 saturated heterocycles. The average Bonchev–Trinajstić information content (AvgIpc) is 0.694. The molecule has 4 aliphatic heterocycles. The first-order valence-corrected chi connectivity index (χ1v) is 46.4. The van der Waals surface area contributed by atoms with E-state index in [1.165, 1.54) is 12.8 Å². The first kappa shape index (κ1) is 62.3. The summed E-state index contributed by atoms with van der Waals surface area (Å²) in [5.41, 5.74) is 0. The van der Waals surface area contributed by atoms with E-state index >= 15 is 0 Å². The SMILES string of the molecule is C1CCC(C2CCC(N3C4CCC(C5CC6CCCC7C8CCCC9CCCC(C(C5)C67)C98)CC4B4C5CC(C6CC7CCCC8C9CCCC%10CCCC(C(C6)C78)C%109)CCC5N(C5CCC(C6CCCCC6)CC5)C5CC(N6C7CC8CC(C7)CC6C8)CC3C45)CC2)CC1. The molecule has 26 atom stereocenters. The number of hydrogen-bond acceptors (Lipinski definition) is 3. The fraction of sp³-hybridized carbons (Fsp3) is 1.00. The first-order valence-electron chi connectivity index (χ1n) is 46.4. The predicted molar refractivity (Wildman–Crippen MR) is 392 cm³/mol. The molecule has 19 aliphatic carbocycles. The number of rotatable bonds is 7. The minimum absolute atomic E-state index is 0.862. The van der Waals surface area contributed by atoms with E-state index in [1.54, 1.807) is 327 Å². The second-order valence-electron chi connectivity index (χ2n) is 43.2. The van der Waals surface area contributed by atoms with Gasteiger partial charge in [0.1, 0.15) is 0 Å². The molecule has 19 saturated carbocycles. The van der Waals surface area contributed by atoms with Crippen LogP contribution in [0.3, 0.4) is 0 Å². The molecule has 4 heterocycles. The Kier molecular flexibility index (Phi) is 16.6. The molecule has 23 rings (SSSR count). The standard InChI is InChI=1S/C91H144BN3/c1-3-13-56(14-4-1)58-29-35-68(36-30-58)94-83-39-33-62(66-46-64-21-11-25-75-73-23-7-17-60-19-9-27-77(87(60)73)79(48-66)89(64)75)50-81(83)92-82-51-63(67-47-65-22-12-26-76-74-24-8-18-61-20-10-28-78(88(61)74)80(49-67)90(65)76)34-40-84(82)95(69-37-31-59(32-38-69)57-15-5-2-6-16-57)86-53-72(52-85(94)91(86)92)93-70-42-54-41-55(44-70)45-71(93)43-54/h54-91H,1-53H2. The summed E-state index contributed by atoms with van der Waals surface area (Å²) in [5, 5.41) is 0. The molecule has 0 N–H and O–H groups in total. The molecular weight excluding hydrogens is 1150 g/mol. The van der Waals surface area contributed by atoms with E-state index in [4.69, 9.17) is 0 Å². The summed E-state index contributed by atoms with van der Waals surface area (Å²) in [6.07, 6.45) is 85.7. The van der Waals surface area contributed by atoms with Crippen LogP contribution in [-0.4, -0.2) is 75.8 Å². The summed E-state index contributed by atoms with van der Waals surface area (Å²) in [6.45, 7) is 1.03. The maximum atomic E-state index is 3.77. The van der Waals surface area contributed by atoms with E-state index in [0.717, 1.165) is 232 Å². The molecule has 0 radical (unpaired) electrons. The van der Waals surface area contributed by atoms with Gasteiger partial charge in [-0.3, -0.25) is 14.7 Å². The van der Waals surface area contributed by atoms with Crippen molar-refractivity contribution in [2.45, 2.75) is 412 Å². The van der Waals surface area contributed by atoms with Gasteiger partial charge in [0.05, 0.1) is 0 Å². The van der Waals surface area contributed by atoms with Crippen molar-refractivity contribution in [3.05, 3.63) is 0 Å². The number of nitrogens with zero attached hydrogens (tertiary/aromatic N) is 3. The van der Waals surface area contributed by atoms with Crippen LogP contribution in [0.2, 0.25) is 17.5 Å². The van der Waals surface area contributed by atoms with Crippen molar-refractivity contribution < 1.29 is 0 Å². The average molecular weight is 1290 g/mol. The molecule has 0 amide bonds. The fourth-order valence-corrected chi connectivity index (χ4v) is 38.7. The highest BCUT2D eigenvalue weighted by Crippen LogP contribution is 2.72. The Morgan fingerprint density at radius 2 is 0.516 bits per heavy atom. The Balaban J connectivity index is 0.644. The Bertz CT molecular complexity index is 2490. The third-order valence-electron chi connectivity index (χ3n) is 40.7. The van der Waals surface area contributed by atoms with Crippen molar-refractivity contribution in [3.8, 4) is 0 Å². The predicted octanol–water partition coefficient (Wildman–Crippen LogP) is 22.8. The van der Waals surface area contributed by atoms with Crippen LogP contribution in [0.15, 0.2) is 0 Å². The van der Waals surface area contributed by atoms with Crippen LogP contribution in [0.25, 0.3) is 0 Å². The van der Waals surface area contributed by atoms with Gasteiger partial charge in [-0.2, -0.15) is 0 Å². The van der Waals surface area contributed by atoms with E-state index in [2.05, 4.69) is 14.7 Å². The van der Waals surface area contributed by atoms with Crippen molar-refractivity contribution in [1.29, 1.82) is 0 Å². The third-order valence-corrected chi connectivity index (χ3v) is 40.7. The summed E-state index contributed by atoms with van der Waals surface area (Å²) in [4.78, 5) is 11.0. The van der Waals surface area contributed by atoms with E-state index in [9.17, 15) is 0 Å². The van der Waals surface area contributed by atoms with Crippen molar-refractivity contribution in [2.75, 3.05) is 0 Å². The van der Waals surface area contributed by atoms with Crippen LogP contribution < -0.4 is 0 Å². The molecule has 526 valence electrons. The quantitative estimate of drug-likeness (QED) is 0.235. The Morgan fingerprint density at radius 1 is 0.179 bits per heavy atom. The second kappa shape index (κ2) is 25.3. The monoisotopic (exact) mass is 1290 g/mol. The molecule has 23 fully saturated rings. The molecule has 23 aliphatic rings. The Labute approximate surface area is 584 Å². The minimum Gasteiger partial charge on any atom is -0.295 e. The topological polar surface area (TPSA) is 9.72 Å². The highest BCUT2D eigenvalue weighted by atomic mass is 15.3. The van der Waals surface area contributed by atoms with Crippen LogP contribution in [0, 0.1) is 154 Å². The van der Waals surface area contributed by atoms with Gasteiger partial charge in [0.15, 0.2) is 6.71 Å². The molecule has 0 aromatic heterocycles. The number of fused-ring (bicyclic) bond motifs is 8. The molecule has 4 bridgehead atoms. The zero-order chi connectivity index (χ0) is 61.7. The fourth-order valence-electron chi connectivity index (χ4n) is 38.7. The lowest BCUT2D eigenvalue weighted by Gasteiger charge is -2.71. The van der Waals surface area contributed by atoms with Crippen LogP contribution >= 0.6 is 0 Å². The first-order chi connectivity index (χ1) is 47.0. The second-order valence-corrected chi connectivity index (χ2v) is 43.2. The summed E-state index contributed by atoms with van der Waals surface area (Å²) in [5.74, 6) is 31.7. The smallest absolute Gasteiger partial charge is 0.156 e. The van der Waals surface area contributed by atoms with Crippen molar-refractivity contribution >= 4 is 6.71 Å². The maximum absolute atomic E-state index is 3.77. The van der Waals surface area contributed by atoms with Gasteiger partial charge in [-0.15, -0.1) is 0 Å². The number of hydrogen-bond donors (Lipinski definition) is 0. The number of piperidine rings is 2. The van der Waals surface area contributed by atoms with Gasteiger partial charge in [-0.05, 0) is 358 Å². The molecule has 26 unspecified atom stereocenters. The highest BCUT2D eigenvalue weighted by molar-refractivity contribution is 6.65. The van der Waals surface area contributed by atoms with Crippen molar-refractivity contribution in [2.24, 2.45) is 154 Å². The van der Waals surface area contributed by atoms with Gasteiger partial charge in [0, 0.05) is 54.4 Å². The van der Waals surface area contributed by atoms with Gasteiger partial charge >= 0.3 is 0 Å². The van der Waals surface area contributed by atoms with Gasteiger partial charge in [0.25, 0.3) is 0 Å². The Hall–Kier alpha value is -0.0551. The molecule has 95 heavy (non-hydrogen) atoms. The normalized spacial score (nSPS) is 57.5. The van der Waals surface area contributed by atoms with Crippen molar-refractivity contribution in [1.82, 2.24) is 14.7 Å². The van der Waals surface area contributed by atoms with Crippen molar-refractivity contribution in [3.63, 3.8) is 0 Å². The third kappa shape index (κ3) is 10.3. The molecule has 0 spiro atoms. The molecule has 0 aromatic rings. The molecule has 0 aromatic carbocycles. The highest BCUT2D eigenvalue weighted by Gasteiger charge is 2.69. The van der Waals surface area contributed by atoms with Gasteiger partial charge in [-0.1, -0.05) is 154 Å². The van der Waals surface area contributed by atoms with E-state index in [-0.39, 0.29) is 0 Å². The lowest BCUT2D eigenvalue weighted by molar-refractivity contribution is -0.153. The maximum Gasteiger partial charge on any atom is 0.156 e. The Morgan fingerprint density at radius 3 is 0.926 bits per heavy atom. The zero-order valence-electron chi connectivity index (χ0n) is 61.3.